The molecule has 3 aromatic rings. The van der Waals surface area contributed by atoms with Gasteiger partial charge in [0, 0.05) is 35.4 Å². The molecule has 0 aliphatic carbocycles. The van der Waals surface area contributed by atoms with E-state index in [0.717, 1.165) is 23.9 Å². The molecular formula is C19H21N3S. The van der Waals surface area contributed by atoms with Crippen molar-refractivity contribution in [1.29, 1.82) is 0 Å². The third kappa shape index (κ3) is 3.37. The molecule has 0 atom stereocenters. The van der Waals surface area contributed by atoms with E-state index in [1.165, 1.54) is 22.5 Å². The van der Waals surface area contributed by atoms with E-state index < -0.39 is 0 Å². The minimum absolute atomic E-state index is 0.736. The van der Waals surface area contributed by atoms with Crippen LogP contribution in [0, 0.1) is 13.8 Å². The summed E-state index contributed by atoms with van der Waals surface area (Å²) in [5.41, 5.74) is 6.07. The monoisotopic (exact) mass is 323 g/mol. The third-order valence-electron chi connectivity index (χ3n) is 3.93. The summed E-state index contributed by atoms with van der Waals surface area (Å²) in [5.74, 6) is 0. The first-order chi connectivity index (χ1) is 11.2. The predicted molar refractivity (Wildman–Crippen MR) is 99.2 cm³/mol. The fourth-order valence-electron chi connectivity index (χ4n) is 2.71. The number of rotatable bonds is 6. The van der Waals surface area contributed by atoms with Crippen molar-refractivity contribution >= 4 is 16.5 Å². The van der Waals surface area contributed by atoms with Gasteiger partial charge in [0.25, 0.3) is 0 Å². The number of aryl methyl sites for hydroxylation is 1. The van der Waals surface area contributed by atoms with Gasteiger partial charge in [-0.25, -0.2) is 4.98 Å². The molecule has 23 heavy (non-hydrogen) atoms. The molecule has 3 nitrogen and oxygen atoms in total. The molecule has 1 N–H and O–H groups in total. The maximum Gasteiger partial charge on any atom is 0.183 e. The second kappa shape index (κ2) is 6.84. The molecular weight excluding hydrogens is 302 g/mol. The van der Waals surface area contributed by atoms with Crippen LogP contribution < -0.4 is 5.32 Å². The van der Waals surface area contributed by atoms with Gasteiger partial charge in [-0.2, -0.15) is 0 Å². The number of nitrogens with one attached hydrogen (secondary N) is 1. The Bertz CT molecular complexity index is 799. The predicted octanol–water partition coefficient (Wildman–Crippen LogP) is 4.87. The summed E-state index contributed by atoms with van der Waals surface area (Å²) in [7, 11) is 0. The van der Waals surface area contributed by atoms with E-state index >= 15 is 0 Å². The number of hydrogen-bond acceptors (Lipinski definition) is 3. The number of hydrogen-bond donors (Lipinski definition) is 1. The van der Waals surface area contributed by atoms with E-state index in [9.17, 15) is 0 Å². The van der Waals surface area contributed by atoms with Gasteiger partial charge in [0.15, 0.2) is 5.13 Å². The van der Waals surface area contributed by atoms with Crippen molar-refractivity contribution in [2.45, 2.75) is 20.4 Å². The average Bonchev–Trinajstić information content (AvgIpc) is 3.14. The third-order valence-corrected chi connectivity index (χ3v) is 4.73. The Morgan fingerprint density at radius 1 is 1.26 bits per heavy atom. The van der Waals surface area contributed by atoms with Gasteiger partial charge in [-0.05, 0) is 25.5 Å². The van der Waals surface area contributed by atoms with Crippen LogP contribution in [0.3, 0.4) is 0 Å². The molecule has 0 aliphatic heterocycles. The zero-order chi connectivity index (χ0) is 16.2. The lowest BCUT2D eigenvalue weighted by Crippen LogP contribution is -2.03. The largest absolute Gasteiger partial charge is 0.358 e. The van der Waals surface area contributed by atoms with Crippen LogP contribution in [-0.2, 0) is 6.54 Å². The highest BCUT2D eigenvalue weighted by Gasteiger charge is 2.13. The van der Waals surface area contributed by atoms with Gasteiger partial charge in [0.1, 0.15) is 0 Å². The number of nitrogens with zero attached hydrogens (tertiary/aromatic N) is 2. The number of anilines is 1. The van der Waals surface area contributed by atoms with Gasteiger partial charge in [-0.3, -0.25) is 0 Å². The molecule has 0 unspecified atom stereocenters. The smallest absolute Gasteiger partial charge is 0.183 e. The molecule has 0 spiro atoms. The van der Waals surface area contributed by atoms with E-state index in [0.29, 0.717) is 0 Å². The van der Waals surface area contributed by atoms with Gasteiger partial charge in [0.05, 0.1) is 5.69 Å². The van der Waals surface area contributed by atoms with Crippen LogP contribution in [0.1, 0.15) is 17.0 Å². The molecule has 4 heteroatoms. The van der Waals surface area contributed by atoms with Gasteiger partial charge < -0.3 is 9.88 Å². The highest BCUT2D eigenvalue weighted by atomic mass is 32.1. The van der Waals surface area contributed by atoms with Crippen molar-refractivity contribution in [1.82, 2.24) is 9.55 Å². The Kier molecular flexibility index (Phi) is 4.63. The minimum atomic E-state index is 0.736. The quantitative estimate of drug-likeness (QED) is 0.656. The lowest BCUT2D eigenvalue weighted by molar-refractivity contribution is 0.750. The van der Waals surface area contributed by atoms with Crippen LogP contribution in [0.4, 0.5) is 5.13 Å². The molecule has 0 amide bonds. The van der Waals surface area contributed by atoms with Gasteiger partial charge in [-0.1, -0.05) is 36.4 Å². The van der Waals surface area contributed by atoms with Gasteiger partial charge in [-0.15, -0.1) is 17.9 Å². The highest BCUT2D eigenvalue weighted by molar-refractivity contribution is 7.14. The maximum atomic E-state index is 4.69. The normalized spacial score (nSPS) is 10.7. The van der Waals surface area contributed by atoms with Crippen molar-refractivity contribution in [2.24, 2.45) is 0 Å². The molecule has 0 saturated heterocycles. The van der Waals surface area contributed by atoms with E-state index in [2.05, 4.69) is 77.1 Å². The zero-order valence-corrected chi connectivity index (χ0v) is 14.4. The van der Waals surface area contributed by atoms with Crippen molar-refractivity contribution < 1.29 is 0 Å². The van der Waals surface area contributed by atoms with Crippen molar-refractivity contribution in [3.8, 4) is 11.3 Å². The van der Waals surface area contributed by atoms with Crippen LogP contribution in [-0.4, -0.2) is 16.1 Å². The molecule has 0 saturated carbocycles. The fraction of sp³-hybridized carbons (Fsp3) is 0.211. The van der Waals surface area contributed by atoms with E-state index in [1.54, 1.807) is 11.3 Å². The molecule has 2 aromatic heterocycles. The first-order valence-corrected chi connectivity index (χ1v) is 8.58. The van der Waals surface area contributed by atoms with E-state index in [4.69, 9.17) is 0 Å². The molecule has 0 aliphatic rings. The topological polar surface area (TPSA) is 29.9 Å². The summed E-state index contributed by atoms with van der Waals surface area (Å²) in [4.78, 5) is 4.69. The molecule has 0 radical (unpaired) electrons. The van der Waals surface area contributed by atoms with Crippen LogP contribution in [0.5, 0.6) is 0 Å². The maximum absolute atomic E-state index is 4.69. The van der Waals surface area contributed by atoms with Crippen molar-refractivity contribution in [3.63, 3.8) is 0 Å². The van der Waals surface area contributed by atoms with Crippen molar-refractivity contribution in [2.75, 3.05) is 11.9 Å². The van der Waals surface area contributed by atoms with Crippen molar-refractivity contribution in [3.05, 3.63) is 71.4 Å². The fourth-order valence-corrected chi connectivity index (χ4v) is 3.43. The number of aromatic nitrogens is 2. The molecule has 1 aromatic carbocycles. The SMILES string of the molecule is C=CCNc1nc(-c2cc(C)n(Cc3ccccc3)c2C)cs1. The Balaban J connectivity index is 1.88. The van der Waals surface area contributed by atoms with Crippen LogP contribution in [0.2, 0.25) is 0 Å². The Morgan fingerprint density at radius 2 is 2.04 bits per heavy atom. The summed E-state index contributed by atoms with van der Waals surface area (Å²) in [6.07, 6.45) is 1.84. The first-order valence-electron chi connectivity index (χ1n) is 7.70. The minimum Gasteiger partial charge on any atom is -0.358 e. The van der Waals surface area contributed by atoms with Crippen LogP contribution in [0.25, 0.3) is 11.3 Å². The van der Waals surface area contributed by atoms with E-state index in [-0.39, 0.29) is 0 Å². The van der Waals surface area contributed by atoms with Gasteiger partial charge >= 0.3 is 0 Å². The standard InChI is InChI=1S/C19H21N3S/c1-4-10-20-19-21-18(13-23-19)17-11-14(2)22(15(17)3)12-16-8-6-5-7-9-16/h4-9,11,13H,1,10,12H2,2-3H3,(H,20,21). The molecule has 3 rings (SSSR count). The highest BCUT2D eigenvalue weighted by Crippen LogP contribution is 2.30. The molecule has 118 valence electrons. The van der Waals surface area contributed by atoms with Gasteiger partial charge in [0.2, 0.25) is 0 Å². The van der Waals surface area contributed by atoms with Crippen LogP contribution >= 0.6 is 11.3 Å². The molecule has 2 heterocycles. The summed E-state index contributed by atoms with van der Waals surface area (Å²) in [6, 6.07) is 12.8. The number of benzene rings is 1. The lowest BCUT2D eigenvalue weighted by Gasteiger charge is -2.09. The Hall–Kier alpha value is -2.33. The van der Waals surface area contributed by atoms with E-state index in [1.807, 2.05) is 6.08 Å². The first kappa shape index (κ1) is 15.6. The number of thiazole rings is 1. The molecule has 0 fully saturated rings. The summed E-state index contributed by atoms with van der Waals surface area (Å²) in [5, 5.41) is 6.30. The summed E-state index contributed by atoms with van der Waals surface area (Å²) in [6.45, 7) is 9.67. The summed E-state index contributed by atoms with van der Waals surface area (Å²) >= 11 is 1.63. The second-order valence-electron chi connectivity index (χ2n) is 5.56. The molecule has 0 bridgehead atoms. The van der Waals surface area contributed by atoms with Crippen LogP contribution in [0.15, 0.2) is 54.4 Å². The Labute approximate surface area is 141 Å². The second-order valence-corrected chi connectivity index (χ2v) is 6.42. The summed E-state index contributed by atoms with van der Waals surface area (Å²) < 4.78 is 2.35. The Morgan fingerprint density at radius 3 is 2.78 bits per heavy atom. The average molecular weight is 323 g/mol. The zero-order valence-electron chi connectivity index (χ0n) is 13.5. The lowest BCUT2D eigenvalue weighted by atomic mass is 10.2.